The molecule has 0 spiro atoms. The minimum atomic E-state index is -0.453. The molecule has 1 heterocycles. The van der Waals surface area contributed by atoms with E-state index in [9.17, 15) is 4.79 Å². The molecule has 0 saturated carbocycles. The number of rotatable bonds is 2. The number of hydrogen-bond donors (Lipinski definition) is 0. The second-order valence-corrected chi connectivity index (χ2v) is 6.41. The predicted molar refractivity (Wildman–Crippen MR) is 76.4 cm³/mol. The second-order valence-electron chi connectivity index (χ2n) is 5.56. The molecule has 1 aliphatic heterocycles. The molecule has 1 aromatic rings. The third-order valence-corrected chi connectivity index (χ3v) is 3.29. The van der Waals surface area contributed by atoms with Gasteiger partial charge in [-0.25, -0.2) is 4.79 Å². The highest BCUT2D eigenvalue weighted by Crippen LogP contribution is 2.27. The van der Waals surface area contributed by atoms with Crippen molar-refractivity contribution in [1.29, 1.82) is 0 Å². The quantitative estimate of drug-likeness (QED) is 0.835. The Labute approximate surface area is 121 Å². The van der Waals surface area contributed by atoms with E-state index in [2.05, 4.69) is 15.9 Å². The van der Waals surface area contributed by atoms with Gasteiger partial charge in [-0.3, -0.25) is 0 Å². The van der Waals surface area contributed by atoms with Gasteiger partial charge >= 0.3 is 6.09 Å². The molecular weight excluding hydrogens is 310 g/mol. The van der Waals surface area contributed by atoms with Crippen LogP contribution in [0.15, 0.2) is 28.7 Å². The lowest BCUT2D eigenvalue weighted by Gasteiger charge is -2.39. The largest absolute Gasteiger partial charge is 0.486 e. The molecule has 0 aliphatic carbocycles. The van der Waals surface area contributed by atoms with Gasteiger partial charge in [-0.1, -0.05) is 12.1 Å². The number of carbonyl (C=O) groups excluding carboxylic acids is 1. The highest BCUT2D eigenvalue weighted by Gasteiger charge is 2.35. The number of carbonyl (C=O) groups is 1. The molecule has 0 aromatic heterocycles. The van der Waals surface area contributed by atoms with E-state index < -0.39 is 5.60 Å². The normalized spacial score (nSPS) is 15.9. The first-order valence-corrected chi connectivity index (χ1v) is 7.03. The van der Waals surface area contributed by atoms with Crippen molar-refractivity contribution in [3.8, 4) is 5.75 Å². The maximum Gasteiger partial charge on any atom is 0.410 e. The van der Waals surface area contributed by atoms with Crippen molar-refractivity contribution in [2.75, 3.05) is 13.1 Å². The van der Waals surface area contributed by atoms with E-state index in [1.807, 2.05) is 45.0 Å². The van der Waals surface area contributed by atoms with E-state index in [0.717, 1.165) is 10.2 Å². The molecule has 19 heavy (non-hydrogen) atoms. The number of halogens is 1. The molecule has 0 N–H and O–H groups in total. The van der Waals surface area contributed by atoms with E-state index in [4.69, 9.17) is 9.47 Å². The summed E-state index contributed by atoms with van der Waals surface area (Å²) in [5.74, 6) is 0.802. The summed E-state index contributed by atoms with van der Waals surface area (Å²) in [5, 5.41) is 0. The first kappa shape index (κ1) is 14.2. The van der Waals surface area contributed by atoms with Crippen LogP contribution in [0, 0.1) is 0 Å². The zero-order chi connectivity index (χ0) is 14.0. The minimum absolute atomic E-state index is 0.0335. The monoisotopic (exact) mass is 327 g/mol. The number of amides is 1. The van der Waals surface area contributed by atoms with Crippen molar-refractivity contribution in [2.45, 2.75) is 32.5 Å². The van der Waals surface area contributed by atoms with Gasteiger partial charge in [-0.15, -0.1) is 0 Å². The summed E-state index contributed by atoms with van der Waals surface area (Å²) < 4.78 is 12.0. The van der Waals surface area contributed by atoms with Crippen LogP contribution in [0.25, 0.3) is 0 Å². The van der Waals surface area contributed by atoms with Gasteiger partial charge in [0.15, 0.2) is 0 Å². The van der Waals surface area contributed by atoms with Crippen molar-refractivity contribution >= 4 is 22.0 Å². The molecule has 104 valence electrons. The number of para-hydroxylation sites is 1. The molecule has 4 nitrogen and oxygen atoms in total. The third-order valence-electron chi connectivity index (χ3n) is 2.63. The molecule has 1 fully saturated rings. The summed E-state index contributed by atoms with van der Waals surface area (Å²) in [6, 6.07) is 7.69. The van der Waals surface area contributed by atoms with Crippen molar-refractivity contribution in [1.82, 2.24) is 4.90 Å². The highest BCUT2D eigenvalue weighted by atomic mass is 79.9. The summed E-state index contributed by atoms with van der Waals surface area (Å²) in [4.78, 5) is 13.4. The summed E-state index contributed by atoms with van der Waals surface area (Å²) in [6.45, 7) is 6.71. The van der Waals surface area contributed by atoms with Crippen molar-refractivity contribution < 1.29 is 14.3 Å². The minimum Gasteiger partial charge on any atom is -0.486 e. The van der Waals surface area contributed by atoms with Gasteiger partial charge in [-0.2, -0.15) is 0 Å². The molecule has 1 aliphatic rings. The van der Waals surface area contributed by atoms with Crippen LogP contribution in [0.2, 0.25) is 0 Å². The van der Waals surface area contributed by atoms with E-state index >= 15 is 0 Å². The van der Waals surface area contributed by atoms with Crippen molar-refractivity contribution in [3.05, 3.63) is 28.7 Å². The topological polar surface area (TPSA) is 38.8 Å². The number of nitrogens with zero attached hydrogens (tertiary/aromatic N) is 1. The van der Waals surface area contributed by atoms with Gasteiger partial charge in [0.1, 0.15) is 17.5 Å². The number of hydrogen-bond acceptors (Lipinski definition) is 3. The van der Waals surface area contributed by atoms with Crippen LogP contribution in [0.4, 0.5) is 4.79 Å². The number of ether oxygens (including phenoxy) is 2. The van der Waals surface area contributed by atoms with Crippen LogP contribution >= 0.6 is 15.9 Å². The van der Waals surface area contributed by atoms with Gasteiger partial charge in [0.05, 0.1) is 17.6 Å². The summed E-state index contributed by atoms with van der Waals surface area (Å²) in [6.07, 6.45) is -0.245. The standard InChI is InChI=1S/C14H18BrNO3/c1-14(2,3)19-13(17)16-8-10(9-16)18-12-7-5-4-6-11(12)15/h4-7,10H,8-9H2,1-3H3. The molecule has 0 radical (unpaired) electrons. The predicted octanol–water partition coefficient (Wildman–Crippen LogP) is 3.45. The molecule has 0 unspecified atom stereocenters. The zero-order valence-electron chi connectivity index (χ0n) is 11.4. The van der Waals surface area contributed by atoms with Crippen LogP contribution in [-0.2, 0) is 4.74 Å². The Kier molecular flexibility index (Phi) is 4.04. The van der Waals surface area contributed by atoms with E-state index in [1.165, 1.54) is 0 Å². The molecule has 2 rings (SSSR count). The Bertz CT molecular complexity index is 464. The SMILES string of the molecule is CC(C)(C)OC(=O)N1CC(Oc2ccccc2Br)C1. The Morgan fingerprint density at radius 3 is 2.53 bits per heavy atom. The molecule has 0 atom stereocenters. The van der Waals surface area contributed by atoms with Gasteiger partial charge in [0, 0.05) is 0 Å². The maximum atomic E-state index is 11.7. The average Bonchev–Trinajstić information content (AvgIpc) is 2.22. The van der Waals surface area contributed by atoms with Gasteiger partial charge in [-0.05, 0) is 48.8 Å². The fourth-order valence-corrected chi connectivity index (χ4v) is 2.09. The Morgan fingerprint density at radius 2 is 1.95 bits per heavy atom. The fourth-order valence-electron chi connectivity index (χ4n) is 1.71. The Balaban J connectivity index is 1.81. The molecule has 1 saturated heterocycles. The van der Waals surface area contributed by atoms with Crippen molar-refractivity contribution in [3.63, 3.8) is 0 Å². The van der Waals surface area contributed by atoms with Crippen LogP contribution in [0.1, 0.15) is 20.8 Å². The fraction of sp³-hybridized carbons (Fsp3) is 0.500. The van der Waals surface area contributed by atoms with E-state index in [1.54, 1.807) is 4.90 Å². The third kappa shape index (κ3) is 3.86. The molecule has 0 bridgehead atoms. The number of benzene rings is 1. The molecule has 1 aromatic carbocycles. The second kappa shape index (κ2) is 5.41. The summed E-state index contributed by atoms with van der Waals surface area (Å²) in [7, 11) is 0. The van der Waals surface area contributed by atoms with Crippen LogP contribution < -0.4 is 4.74 Å². The smallest absolute Gasteiger partial charge is 0.410 e. The average molecular weight is 328 g/mol. The van der Waals surface area contributed by atoms with Crippen molar-refractivity contribution in [2.24, 2.45) is 0 Å². The lowest BCUT2D eigenvalue weighted by atomic mass is 10.1. The number of likely N-dealkylation sites (tertiary alicyclic amines) is 1. The maximum absolute atomic E-state index is 11.7. The first-order chi connectivity index (χ1) is 8.85. The van der Waals surface area contributed by atoms with Gasteiger partial charge in [0.2, 0.25) is 0 Å². The van der Waals surface area contributed by atoms with E-state index in [0.29, 0.717) is 13.1 Å². The highest BCUT2D eigenvalue weighted by molar-refractivity contribution is 9.10. The molecule has 1 amide bonds. The summed E-state index contributed by atoms with van der Waals surface area (Å²) >= 11 is 3.43. The first-order valence-electron chi connectivity index (χ1n) is 6.24. The van der Waals surface area contributed by atoms with Crippen LogP contribution in [0.3, 0.4) is 0 Å². The van der Waals surface area contributed by atoms with Gasteiger partial charge < -0.3 is 14.4 Å². The lowest BCUT2D eigenvalue weighted by Crippen LogP contribution is -2.57. The van der Waals surface area contributed by atoms with Crippen LogP contribution in [-0.4, -0.2) is 35.8 Å². The molecular formula is C14H18BrNO3. The zero-order valence-corrected chi connectivity index (χ0v) is 12.9. The van der Waals surface area contributed by atoms with Crippen LogP contribution in [0.5, 0.6) is 5.75 Å². The van der Waals surface area contributed by atoms with Gasteiger partial charge in [0.25, 0.3) is 0 Å². The summed E-state index contributed by atoms with van der Waals surface area (Å²) in [5.41, 5.74) is -0.453. The lowest BCUT2D eigenvalue weighted by molar-refractivity contribution is -0.0223. The molecule has 5 heteroatoms. The Hall–Kier alpha value is -1.23. The Morgan fingerprint density at radius 1 is 1.32 bits per heavy atom. The van der Waals surface area contributed by atoms with E-state index in [-0.39, 0.29) is 12.2 Å².